The maximum Gasteiger partial charge on any atom is 0.159 e. The molecule has 2 heterocycles. The van der Waals surface area contributed by atoms with Crippen LogP contribution in [0.25, 0.3) is 21.7 Å². The molecule has 24 heavy (non-hydrogen) atoms. The van der Waals surface area contributed by atoms with Crippen molar-refractivity contribution in [1.82, 2.24) is 9.97 Å². The molecule has 0 bridgehead atoms. The Morgan fingerprint density at radius 1 is 0.958 bits per heavy atom. The highest BCUT2D eigenvalue weighted by atomic mass is 16.1. The van der Waals surface area contributed by atoms with Gasteiger partial charge in [-0.05, 0) is 31.2 Å². The molecule has 0 amide bonds. The fourth-order valence-corrected chi connectivity index (χ4v) is 2.82. The standard InChI is InChI=1S/C20H15N3O/c1-13(24)14-7-8-16-18-12-21-10-9-17(18)20(23-19(16)11-14)22-15-5-3-2-4-6-15/h2-12H,1H3,(H,22,23). The quantitative estimate of drug-likeness (QED) is 0.439. The van der Waals surface area contributed by atoms with E-state index in [4.69, 9.17) is 4.98 Å². The molecule has 1 N–H and O–H groups in total. The number of carbonyl (C=O) groups is 1. The van der Waals surface area contributed by atoms with E-state index in [0.717, 1.165) is 33.2 Å². The van der Waals surface area contributed by atoms with Crippen molar-refractivity contribution < 1.29 is 4.79 Å². The topological polar surface area (TPSA) is 54.9 Å². The molecule has 0 unspecified atom stereocenters. The first-order valence-electron chi connectivity index (χ1n) is 7.73. The fourth-order valence-electron chi connectivity index (χ4n) is 2.82. The van der Waals surface area contributed by atoms with E-state index in [1.54, 1.807) is 13.1 Å². The van der Waals surface area contributed by atoms with Crippen LogP contribution in [-0.4, -0.2) is 15.8 Å². The minimum atomic E-state index is 0.0301. The number of pyridine rings is 2. The Kier molecular flexibility index (Phi) is 3.43. The van der Waals surface area contributed by atoms with Crippen LogP contribution >= 0.6 is 0 Å². The van der Waals surface area contributed by atoms with Gasteiger partial charge < -0.3 is 5.32 Å². The van der Waals surface area contributed by atoms with Crippen molar-refractivity contribution in [3.63, 3.8) is 0 Å². The minimum absolute atomic E-state index is 0.0301. The Bertz CT molecular complexity index is 1060. The van der Waals surface area contributed by atoms with Crippen LogP contribution in [-0.2, 0) is 0 Å². The van der Waals surface area contributed by atoms with E-state index in [9.17, 15) is 4.79 Å². The number of hydrogen-bond acceptors (Lipinski definition) is 4. The van der Waals surface area contributed by atoms with Crippen LogP contribution < -0.4 is 5.32 Å². The largest absolute Gasteiger partial charge is 0.340 e. The van der Waals surface area contributed by atoms with E-state index in [1.165, 1.54) is 0 Å². The van der Waals surface area contributed by atoms with Crippen molar-refractivity contribution in [2.45, 2.75) is 6.92 Å². The molecule has 4 heteroatoms. The number of nitrogens with one attached hydrogen (secondary N) is 1. The normalized spacial score (nSPS) is 10.9. The van der Waals surface area contributed by atoms with Crippen molar-refractivity contribution in [1.29, 1.82) is 0 Å². The van der Waals surface area contributed by atoms with Gasteiger partial charge in [0.15, 0.2) is 5.78 Å². The van der Waals surface area contributed by atoms with Gasteiger partial charge in [0.1, 0.15) is 5.82 Å². The fraction of sp³-hybridized carbons (Fsp3) is 0.0500. The van der Waals surface area contributed by atoms with E-state index in [0.29, 0.717) is 5.56 Å². The molecule has 2 aromatic carbocycles. The molecule has 2 aromatic heterocycles. The highest BCUT2D eigenvalue weighted by molar-refractivity contribution is 6.11. The van der Waals surface area contributed by atoms with Crippen LogP contribution in [0.3, 0.4) is 0 Å². The molecule has 4 aromatic rings. The summed E-state index contributed by atoms with van der Waals surface area (Å²) in [6, 6.07) is 17.5. The maximum absolute atomic E-state index is 11.7. The third-order valence-corrected chi connectivity index (χ3v) is 4.04. The summed E-state index contributed by atoms with van der Waals surface area (Å²) >= 11 is 0. The van der Waals surface area contributed by atoms with Crippen molar-refractivity contribution in [3.05, 3.63) is 72.6 Å². The zero-order valence-corrected chi connectivity index (χ0v) is 13.2. The summed E-state index contributed by atoms with van der Waals surface area (Å²) in [4.78, 5) is 20.7. The second-order valence-corrected chi connectivity index (χ2v) is 5.66. The lowest BCUT2D eigenvalue weighted by molar-refractivity contribution is 0.101. The summed E-state index contributed by atoms with van der Waals surface area (Å²) in [6.07, 6.45) is 3.60. The molecule has 116 valence electrons. The van der Waals surface area contributed by atoms with Crippen LogP contribution in [0.15, 0.2) is 67.0 Å². The lowest BCUT2D eigenvalue weighted by Crippen LogP contribution is -1.98. The Morgan fingerprint density at radius 3 is 2.58 bits per heavy atom. The Morgan fingerprint density at radius 2 is 1.79 bits per heavy atom. The summed E-state index contributed by atoms with van der Waals surface area (Å²) in [5.41, 5.74) is 2.40. The highest BCUT2D eigenvalue weighted by Gasteiger charge is 2.10. The zero-order chi connectivity index (χ0) is 16.5. The predicted octanol–water partition coefficient (Wildman–Crippen LogP) is 4.73. The number of hydrogen-bond donors (Lipinski definition) is 1. The first-order chi connectivity index (χ1) is 11.7. The van der Waals surface area contributed by atoms with Crippen molar-refractivity contribution in [3.8, 4) is 0 Å². The number of nitrogens with zero attached hydrogens (tertiary/aromatic N) is 2. The van der Waals surface area contributed by atoms with Crippen molar-refractivity contribution in [2.75, 3.05) is 5.32 Å². The molecular weight excluding hydrogens is 298 g/mol. The molecular formula is C20H15N3O. The summed E-state index contributed by atoms with van der Waals surface area (Å²) in [5.74, 6) is 0.786. The van der Waals surface area contributed by atoms with Crippen LogP contribution in [0.5, 0.6) is 0 Å². The van der Waals surface area contributed by atoms with Gasteiger partial charge in [-0.1, -0.05) is 30.3 Å². The summed E-state index contributed by atoms with van der Waals surface area (Å²) in [7, 11) is 0. The van der Waals surface area contributed by atoms with Gasteiger partial charge in [0.2, 0.25) is 0 Å². The number of aromatic nitrogens is 2. The Balaban J connectivity index is 1.97. The molecule has 4 nitrogen and oxygen atoms in total. The number of rotatable bonds is 3. The predicted molar refractivity (Wildman–Crippen MR) is 96.8 cm³/mol. The van der Waals surface area contributed by atoms with E-state index in [1.807, 2.05) is 60.8 Å². The van der Waals surface area contributed by atoms with Crippen LogP contribution in [0.4, 0.5) is 11.5 Å². The van der Waals surface area contributed by atoms with Crippen molar-refractivity contribution in [2.24, 2.45) is 0 Å². The maximum atomic E-state index is 11.7. The number of fused-ring (bicyclic) bond motifs is 3. The molecule has 0 atom stereocenters. The third-order valence-electron chi connectivity index (χ3n) is 4.04. The summed E-state index contributed by atoms with van der Waals surface area (Å²) < 4.78 is 0. The first-order valence-corrected chi connectivity index (χ1v) is 7.73. The van der Waals surface area contributed by atoms with Gasteiger partial charge >= 0.3 is 0 Å². The molecule has 0 fully saturated rings. The van der Waals surface area contributed by atoms with E-state index in [-0.39, 0.29) is 5.78 Å². The Hall–Kier alpha value is -3.27. The smallest absolute Gasteiger partial charge is 0.159 e. The summed E-state index contributed by atoms with van der Waals surface area (Å²) in [5, 5.41) is 6.36. The highest BCUT2D eigenvalue weighted by Crippen LogP contribution is 2.30. The number of para-hydroxylation sites is 1. The van der Waals surface area contributed by atoms with Gasteiger partial charge in [0, 0.05) is 39.8 Å². The van der Waals surface area contributed by atoms with Crippen molar-refractivity contribution >= 4 is 39.0 Å². The third kappa shape index (κ3) is 2.48. The molecule has 0 radical (unpaired) electrons. The van der Waals surface area contributed by atoms with Gasteiger partial charge in [-0.2, -0.15) is 0 Å². The lowest BCUT2D eigenvalue weighted by Gasteiger charge is -2.12. The molecule has 0 saturated carbocycles. The summed E-state index contributed by atoms with van der Waals surface area (Å²) in [6.45, 7) is 1.56. The number of anilines is 2. The molecule has 0 spiro atoms. The van der Waals surface area contributed by atoms with Gasteiger partial charge in [0.25, 0.3) is 0 Å². The number of ketones is 1. The second kappa shape index (κ2) is 5.74. The van der Waals surface area contributed by atoms with Crippen LogP contribution in [0.2, 0.25) is 0 Å². The number of carbonyl (C=O) groups excluding carboxylic acids is 1. The number of benzene rings is 2. The average Bonchev–Trinajstić information content (AvgIpc) is 2.62. The molecule has 0 aliphatic rings. The van der Waals surface area contributed by atoms with Gasteiger partial charge in [0.05, 0.1) is 5.52 Å². The van der Waals surface area contributed by atoms with Gasteiger partial charge in [-0.15, -0.1) is 0 Å². The molecule has 0 aliphatic carbocycles. The van der Waals surface area contributed by atoms with E-state index in [2.05, 4.69) is 10.3 Å². The Labute approximate surface area is 139 Å². The first kappa shape index (κ1) is 14.3. The monoisotopic (exact) mass is 313 g/mol. The van der Waals surface area contributed by atoms with E-state index >= 15 is 0 Å². The van der Waals surface area contributed by atoms with Crippen LogP contribution in [0.1, 0.15) is 17.3 Å². The zero-order valence-electron chi connectivity index (χ0n) is 13.2. The lowest BCUT2D eigenvalue weighted by atomic mass is 10.0. The SMILES string of the molecule is CC(=O)c1ccc2c(c1)nc(Nc1ccccc1)c1ccncc12. The van der Waals surface area contributed by atoms with E-state index < -0.39 is 0 Å². The number of Topliss-reactive ketones (excluding diaryl/α,β-unsaturated/α-hetero) is 1. The molecule has 4 rings (SSSR count). The second-order valence-electron chi connectivity index (χ2n) is 5.66. The minimum Gasteiger partial charge on any atom is -0.340 e. The average molecular weight is 313 g/mol. The molecule has 0 aliphatic heterocycles. The van der Waals surface area contributed by atoms with Gasteiger partial charge in [-0.25, -0.2) is 4.98 Å². The molecule has 0 saturated heterocycles. The van der Waals surface area contributed by atoms with Gasteiger partial charge in [-0.3, -0.25) is 9.78 Å². The van der Waals surface area contributed by atoms with Crippen LogP contribution in [0, 0.1) is 0 Å².